The molecular formula is C21H17N7O3S2. The Balaban J connectivity index is 1.49. The first-order valence-electron chi connectivity index (χ1n) is 9.76. The summed E-state index contributed by atoms with van der Waals surface area (Å²) in [6.07, 6.45) is 5.64. The number of nitrogens with one attached hydrogen (secondary N) is 1. The van der Waals surface area contributed by atoms with Crippen LogP contribution in [0.25, 0.3) is 5.65 Å². The minimum atomic E-state index is -1.04. The molecule has 3 N–H and O–H groups in total. The Morgan fingerprint density at radius 2 is 2.09 bits per heavy atom. The molecule has 5 heterocycles. The predicted molar refractivity (Wildman–Crippen MR) is 123 cm³/mol. The van der Waals surface area contributed by atoms with Gasteiger partial charge in [0.1, 0.15) is 17.5 Å². The van der Waals surface area contributed by atoms with Crippen molar-refractivity contribution in [1.29, 1.82) is 0 Å². The Labute approximate surface area is 196 Å². The summed E-state index contributed by atoms with van der Waals surface area (Å²) in [6.45, 7) is -0.405. The average molecular weight is 480 g/mol. The normalized spacial score (nSPS) is 12.1. The van der Waals surface area contributed by atoms with Crippen LogP contribution in [0.5, 0.6) is 11.5 Å². The van der Waals surface area contributed by atoms with Gasteiger partial charge in [0, 0.05) is 34.9 Å². The zero-order chi connectivity index (χ0) is 22.6. The van der Waals surface area contributed by atoms with Gasteiger partial charge in [-0.2, -0.15) is 5.10 Å². The zero-order valence-electron chi connectivity index (χ0n) is 16.9. The van der Waals surface area contributed by atoms with Crippen LogP contribution >= 0.6 is 23.1 Å². The Bertz CT molecular complexity index is 1380. The summed E-state index contributed by atoms with van der Waals surface area (Å²) < 4.78 is 7.83. The maximum atomic E-state index is 9.82. The molecule has 10 nitrogen and oxygen atoms in total. The molecule has 5 aromatic rings. The molecule has 0 amide bonds. The molecule has 166 valence electrons. The third kappa shape index (κ3) is 4.78. The van der Waals surface area contributed by atoms with Crippen LogP contribution < -0.4 is 10.1 Å². The van der Waals surface area contributed by atoms with Gasteiger partial charge in [-0.15, -0.1) is 11.3 Å². The molecule has 12 heteroatoms. The molecular weight excluding hydrogens is 462 g/mol. The molecule has 0 fully saturated rings. The van der Waals surface area contributed by atoms with Crippen LogP contribution in [0.4, 0.5) is 10.9 Å². The van der Waals surface area contributed by atoms with Crippen molar-refractivity contribution in [2.24, 2.45) is 0 Å². The second-order valence-corrected chi connectivity index (χ2v) is 8.64. The number of nitrogens with zero attached hydrogens (tertiary/aromatic N) is 6. The number of rotatable bonds is 8. The standard InChI is InChI=1S/C21H17N7O3S2/c29-10-15(30)14-11-32-21(26-14)27-19-17(31-16-4-3-7-28-20(16)24-12-25-28)8-13(9-23-19)33-18-5-1-2-6-22-18/h1-9,11-12,15,29-30H,10H2,(H,23,26,27). The molecule has 0 spiro atoms. The number of aliphatic hydroxyl groups excluding tert-OH is 2. The number of ether oxygens (including phenoxy) is 1. The van der Waals surface area contributed by atoms with Gasteiger partial charge in [0.25, 0.3) is 0 Å². The van der Waals surface area contributed by atoms with Crippen molar-refractivity contribution in [2.75, 3.05) is 11.9 Å². The minimum Gasteiger partial charge on any atom is -0.449 e. The number of hydrogen-bond acceptors (Lipinski definition) is 11. The molecule has 0 bridgehead atoms. The van der Waals surface area contributed by atoms with Crippen LogP contribution in [0.2, 0.25) is 0 Å². The average Bonchev–Trinajstić information content (AvgIpc) is 3.51. The van der Waals surface area contributed by atoms with Crippen LogP contribution in [0.1, 0.15) is 11.8 Å². The van der Waals surface area contributed by atoms with Crippen molar-refractivity contribution in [1.82, 2.24) is 29.5 Å². The molecule has 0 aromatic carbocycles. The molecule has 33 heavy (non-hydrogen) atoms. The lowest BCUT2D eigenvalue weighted by molar-refractivity contribution is 0.0928. The van der Waals surface area contributed by atoms with Crippen molar-refractivity contribution in [3.63, 3.8) is 0 Å². The highest BCUT2D eigenvalue weighted by Gasteiger charge is 2.16. The molecule has 0 radical (unpaired) electrons. The Morgan fingerprint density at radius 3 is 2.94 bits per heavy atom. The predicted octanol–water partition coefficient (Wildman–Crippen LogP) is 3.69. The highest BCUT2D eigenvalue weighted by atomic mass is 32.2. The largest absolute Gasteiger partial charge is 0.449 e. The highest BCUT2D eigenvalue weighted by molar-refractivity contribution is 7.99. The number of thiazole rings is 1. The van der Waals surface area contributed by atoms with Crippen molar-refractivity contribution in [3.05, 3.63) is 72.4 Å². The van der Waals surface area contributed by atoms with Gasteiger partial charge in [-0.1, -0.05) is 17.8 Å². The molecule has 0 aliphatic rings. The summed E-state index contributed by atoms with van der Waals surface area (Å²) in [4.78, 5) is 18.3. The third-order valence-corrected chi connectivity index (χ3v) is 6.12. The summed E-state index contributed by atoms with van der Waals surface area (Å²) in [6, 6.07) is 11.2. The topological polar surface area (TPSA) is 131 Å². The minimum absolute atomic E-state index is 0.378. The first kappa shape index (κ1) is 21.3. The van der Waals surface area contributed by atoms with E-state index in [1.807, 2.05) is 30.3 Å². The van der Waals surface area contributed by atoms with Gasteiger partial charge in [-0.3, -0.25) is 0 Å². The van der Waals surface area contributed by atoms with E-state index in [2.05, 4.69) is 30.4 Å². The summed E-state index contributed by atoms with van der Waals surface area (Å²) in [5.41, 5.74) is 0.942. The van der Waals surface area contributed by atoms with Gasteiger partial charge in [0.05, 0.1) is 12.3 Å². The fourth-order valence-corrected chi connectivity index (χ4v) is 4.42. The Hall–Kier alpha value is -3.58. The van der Waals surface area contributed by atoms with E-state index in [9.17, 15) is 5.11 Å². The van der Waals surface area contributed by atoms with E-state index in [0.717, 1.165) is 9.92 Å². The van der Waals surface area contributed by atoms with Crippen LogP contribution in [0.3, 0.4) is 0 Å². The van der Waals surface area contributed by atoms with Gasteiger partial charge in [-0.25, -0.2) is 24.5 Å². The number of fused-ring (bicyclic) bond motifs is 1. The molecule has 0 aliphatic heterocycles. The van der Waals surface area contributed by atoms with Gasteiger partial charge < -0.3 is 20.3 Å². The molecule has 5 aromatic heterocycles. The van der Waals surface area contributed by atoms with Crippen molar-refractivity contribution < 1.29 is 14.9 Å². The third-order valence-electron chi connectivity index (χ3n) is 4.44. The summed E-state index contributed by atoms with van der Waals surface area (Å²) >= 11 is 2.74. The van der Waals surface area contributed by atoms with E-state index in [1.165, 1.54) is 29.4 Å². The molecule has 0 aliphatic carbocycles. The lowest BCUT2D eigenvalue weighted by atomic mass is 10.3. The fraction of sp³-hybridized carbons (Fsp3) is 0.0952. The van der Waals surface area contributed by atoms with Crippen LogP contribution in [0.15, 0.2) is 76.6 Å². The Morgan fingerprint density at radius 1 is 1.15 bits per heavy atom. The maximum absolute atomic E-state index is 9.82. The van der Waals surface area contributed by atoms with Crippen molar-refractivity contribution >= 4 is 39.7 Å². The number of hydrogen-bond donors (Lipinski definition) is 3. The fourth-order valence-electron chi connectivity index (χ4n) is 2.89. The maximum Gasteiger partial charge on any atom is 0.198 e. The molecule has 0 saturated heterocycles. The van der Waals surface area contributed by atoms with E-state index >= 15 is 0 Å². The van der Waals surface area contributed by atoms with Gasteiger partial charge in [-0.05, 0) is 24.3 Å². The molecule has 1 atom stereocenters. The number of aliphatic hydroxyl groups is 2. The lowest BCUT2D eigenvalue weighted by Crippen LogP contribution is -2.03. The van der Waals surface area contributed by atoms with E-state index < -0.39 is 12.7 Å². The Kier molecular flexibility index (Phi) is 6.13. The first-order valence-corrected chi connectivity index (χ1v) is 11.5. The van der Waals surface area contributed by atoms with E-state index in [1.54, 1.807) is 34.6 Å². The summed E-state index contributed by atoms with van der Waals surface area (Å²) in [7, 11) is 0. The lowest BCUT2D eigenvalue weighted by Gasteiger charge is -2.13. The second kappa shape index (κ2) is 9.50. The summed E-state index contributed by atoms with van der Waals surface area (Å²) in [5.74, 6) is 1.39. The van der Waals surface area contributed by atoms with Gasteiger partial charge >= 0.3 is 0 Å². The summed E-state index contributed by atoms with van der Waals surface area (Å²) in [5, 5.41) is 29.3. The number of anilines is 2. The zero-order valence-corrected chi connectivity index (χ0v) is 18.6. The monoisotopic (exact) mass is 479 g/mol. The number of pyridine rings is 3. The SMILES string of the molecule is OCC(O)c1csc(Nc2ncc(Sc3ccccn3)cc2Oc2cccn3ncnc23)n1. The van der Waals surface area contributed by atoms with Gasteiger partial charge in [0.15, 0.2) is 28.1 Å². The van der Waals surface area contributed by atoms with Crippen LogP contribution in [-0.2, 0) is 0 Å². The first-order chi connectivity index (χ1) is 16.2. The second-order valence-electron chi connectivity index (χ2n) is 6.69. The van der Waals surface area contributed by atoms with Crippen molar-refractivity contribution in [2.45, 2.75) is 16.0 Å². The smallest absolute Gasteiger partial charge is 0.198 e. The molecule has 1 unspecified atom stereocenters. The van der Waals surface area contributed by atoms with E-state index in [-0.39, 0.29) is 0 Å². The number of aromatic nitrogens is 6. The van der Waals surface area contributed by atoms with Crippen LogP contribution in [-0.4, -0.2) is 46.4 Å². The van der Waals surface area contributed by atoms with Gasteiger partial charge in [0.2, 0.25) is 0 Å². The molecule has 0 saturated carbocycles. The highest BCUT2D eigenvalue weighted by Crippen LogP contribution is 2.37. The van der Waals surface area contributed by atoms with Crippen LogP contribution in [0, 0.1) is 0 Å². The quantitative estimate of drug-likeness (QED) is 0.303. The molecule has 5 rings (SSSR count). The van der Waals surface area contributed by atoms with E-state index in [4.69, 9.17) is 9.84 Å². The van der Waals surface area contributed by atoms with E-state index in [0.29, 0.717) is 33.8 Å². The van der Waals surface area contributed by atoms with Crippen molar-refractivity contribution in [3.8, 4) is 11.5 Å².